The van der Waals surface area contributed by atoms with E-state index in [0.717, 1.165) is 13.0 Å². The third-order valence-corrected chi connectivity index (χ3v) is 3.97. The van der Waals surface area contributed by atoms with Crippen molar-refractivity contribution in [3.8, 4) is 0 Å². The van der Waals surface area contributed by atoms with Crippen molar-refractivity contribution >= 4 is 6.09 Å². The summed E-state index contributed by atoms with van der Waals surface area (Å²) in [6.45, 7) is 13.6. The van der Waals surface area contributed by atoms with Gasteiger partial charge in [0.2, 0.25) is 0 Å². The van der Waals surface area contributed by atoms with Crippen LogP contribution < -0.4 is 0 Å². The lowest BCUT2D eigenvalue weighted by molar-refractivity contribution is 0.0285. The maximum absolute atomic E-state index is 12.2. The number of carbonyl (C=O) groups is 1. The summed E-state index contributed by atoms with van der Waals surface area (Å²) in [5.74, 6) is 0. The number of hydrogen-bond donors (Lipinski definition) is 0. The van der Waals surface area contributed by atoms with E-state index in [9.17, 15) is 4.79 Å². The second-order valence-electron chi connectivity index (χ2n) is 7.49. The fraction of sp³-hybridized carbons (Fsp3) is 0.750. The first-order chi connectivity index (χ1) is 9.62. The highest BCUT2D eigenvalue weighted by Crippen LogP contribution is 2.35. The molecule has 0 aromatic carbocycles. The van der Waals surface area contributed by atoms with Crippen LogP contribution in [0.4, 0.5) is 4.79 Å². The molecule has 2 heterocycles. The minimum absolute atomic E-state index is 0.0579. The maximum atomic E-state index is 12.2. The molecule has 1 atom stereocenters. The van der Waals surface area contributed by atoms with Crippen molar-refractivity contribution in [1.82, 2.24) is 14.5 Å². The average Bonchev–Trinajstić information content (AvgIpc) is 2.93. The molecular weight excluding hydrogens is 266 g/mol. The largest absolute Gasteiger partial charge is 0.444 e. The molecule has 118 valence electrons. The number of ether oxygens (including phenoxy) is 1. The van der Waals surface area contributed by atoms with E-state index >= 15 is 0 Å². The van der Waals surface area contributed by atoms with Crippen molar-refractivity contribution in [2.24, 2.45) is 0 Å². The molecule has 1 aliphatic heterocycles. The zero-order valence-corrected chi connectivity index (χ0v) is 14.0. The van der Waals surface area contributed by atoms with Crippen molar-refractivity contribution < 1.29 is 9.53 Å². The van der Waals surface area contributed by atoms with Crippen LogP contribution in [0, 0.1) is 0 Å². The molecule has 1 saturated heterocycles. The Morgan fingerprint density at radius 1 is 1.43 bits per heavy atom. The Labute approximate surface area is 127 Å². The van der Waals surface area contributed by atoms with Crippen LogP contribution in [0.1, 0.15) is 59.7 Å². The summed E-state index contributed by atoms with van der Waals surface area (Å²) < 4.78 is 7.67. The van der Waals surface area contributed by atoms with Crippen LogP contribution in [0.25, 0.3) is 0 Å². The Balaban J connectivity index is 2.13. The summed E-state index contributed by atoms with van der Waals surface area (Å²) in [6, 6.07) is 0.370. The van der Waals surface area contributed by atoms with Crippen molar-refractivity contribution in [1.29, 1.82) is 0 Å². The summed E-state index contributed by atoms with van der Waals surface area (Å²) in [6.07, 6.45) is 4.52. The van der Waals surface area contributed by atoms with Gasteiger partial charge in [0.05, 0.1) is 6.33 Å². The standard InChI is InChI=1S/C16H27N3O2/c1-12(2)19-11-17-9-13(19)16(6)7-8-18(10-16)14(20)21-15(3,4)5/h9,11-12H,7-8,10H2,1-6H3. The van der Waals surface area contributed by atoms with E-state index in [-0.39, 0.29) is 11.5 Å². The summed E-state index contributed by atoms with van der Waals surface area (Å²) in [4.78, 5) is 18.3. The second-order valence-corrected chi connectivity index (χ2v) is 7.49. The lowest BCUT2D eigenvalue weighted by atomic mass is 9.86. The van der Waals surface area contributed by atoms with E-state index < -0.39 is 5.60 Å². The Morgan fingerprint density at radius 3 is 2.67 bits per heavy atom. The van der Waals surface area contributed by atoms with Gasteiger partial charge in [-0.25, -0.2) is 9.78 Å². The van der Waals surface area contributed by atoms with Gasteiger partial charge in [0.1, 0.15) is 5.60 Å². The van der Waals surface area contributed by atoms with Crippen LogP contribution in [-0.2, 0) is 10.2 Å². The van der Waals surface area contributed by atoms with Crippen LogP contribution in [0.3, 0.4) is 0 Å². The quantitative estimate of drug-likeness (QED) is 0.840. The smallest absolute Gasteiger partial charge is 0.410 e. The first-order valence-corrected chi connectivity index (χ1v) is 7.63. The summed E-state index contributed by atoms with van der Waals surface area (Å²) >= 11 is 0. The Morgan fingerprint density at radius 2 is 2.10 bits per heavy atom. The fourth-order valence-electron chi connectivity index (χ4n) is 2.84. The molecular formula is C16H27N3O2. The van der Waals surface area contributed by atoms with E-state index in [0.29, 0.717) is 12.6 Å². The first-order valence-electron chi connectivity index (χ1n) is 7.63. The van der Waals surface area contributed by atoms with E-state index in [1.807, 2.05) is 38.2 Å². The number of imidazole rings is 1. The number of nitrogens with zero attached hydrogens (tertiary/aromatic N) is 3. The van der Waals surface area contributed by atoms with Crippen LogP contribution in [0.5, 0.6) is 0 Å². The highest BCUT2D eigenvalue weighted by atomic mass is 16.6. The van der Waals surface area contributed by atoms with Gasteiger partial charge in [-0.1, -0.05) is 6.92 Å². The molecule has 21 heavy (non-hydrogen) atoms. The predicted molar refractivity (Wildman–Crippen MR) is 82.4 cm³/mol. The zero-order chi connectivity index (χ0) is 15.8. The van der Waals surface area contributed by atoms with E-state index in [2.05, 4.69) is 30.3 Å². The molecule has 1 aromatic rings. The molecule has 5 nitrogen and oxygen atoms in total. The van der Waals surface area contributed by atoms with Crippen molar-refractivity contribution in [3.63, 3.8) is 0 Å². The molecule has 0 bridgehead atoms. The topological polar surface area (TPSA) is 47.4 Å². The average molecular weight is 293 g/mol. The lowest BCUT2D eigenvalue weighted by Gasteiger charge is -2.28. The molecule has 0 radical (unpaired) electrons. The minimum atomic E-state index is -0.449. The van der Waals surface area contributed by atoms with Gasteiger partial charge in [0.25, 0.3) is 0 Å². The van der Waals surface area contributed by atoms with Gasteiger partial charge in [0.15, 0.2) is 0 Å². The van der Waals surface area contributed by atoms with Crippen molar-refractivity contribution in [2.75, 3.05) is 13.1 Å². The molecule has 1 aliphatic rings. The number of carbonyl (C=O) groups excluding carboxylic acids is 1. The first kappa shape index (κ1) is 15.9. The van der Waals surface area contributed by atoms with Gasteiger partial charge in [-0.05, 0) is 41.0 Å². The molecule has 0 aliphatic carbocycles. The Bertz CT molecular complexity index is 516. The summed E-state index contributed by atoms with van der Waals surface area (Å²) in [5.41, 5.74) is 0.691. The molecule has 2 rings (SSSR count). The number of hydrogen-bond acceptors (Lipinski definition) is 3. The predicted octanol–water partition coefficient (Wildman–Crippen LogP) is 3.36. The van der Waals surface area contributed by atoms with Gasteiger partial charge in [0, 0.05) is 36.4 Å². The number of rotatable bonds is 2. The van der Waals surface area contributed by atoms with E-state index in [4.69, 9.17) is 4.74 Å². The van der Waals surface area contributed by atoms with Gasteiger partial charge in [-0.15, -0.1) is 0 Å². The minimum Gasteiger partial charge on any atom is -0.444 e. The highest BCUT2D eigenvalue weighted by molar-refractivity contribution is 5.68. The summed E-state index contributed by atoms with van der Waals surface area (Å²) in [7, 11) is 0. The molecule has 1 amide bonds. The lowest BCUT2D eigenvalue weighted by Crippen LogP contribution is -2.38. The Hall–Kier alpha value is -1.52. The molecule has 0 spiro atoms. The van der Waals surface area contributed by atoms with Crippen LogP contribution in [-0.4, -0.2) is 39.2 Å². The second kappa shape index (κ2) is 5.35. The van der Waals surface area contributed by atoms with Crippen LogP contribution in [0.2, 0.25) is 0 Å². The molecule has 1 unspecified atom stereocenters. The van der Waals surface area contributed by atoms with E-state index in [1.165, 1.54) is 5.69 Å². The van der Waals surface area contributed by atoms with Crippen molar-refractivity contribution in [3.05, 3.63) is 18.2 Å². The highest BCUT2D eigenvalue weighted by Gasteiger charge is 2.41. The van der Waals surface area contributed by atoms with Gasteiger partial charge in [-0.2, -0.15) is 0 Å². The molecule has 0 N–H and O–H groups in total. The molecule has 1 aromatic heterocycles. The summed E-state index contributed by atoms with van der Waals surface area (Å²) in [5, 5.41) is 0. The van der Waals surface area contributed by atoms with Crippen LogP contribution in [0.15, 0.2) is 12.5 Å². The monoisotopic (exact) mass is 293 g/mol. The van der Waals surface area contributed by atoms with Gasteiger partial charge < -0.3 is 14.2 Å². The number of aromatic nitrogens is 2. The Kier molecular flexibility index (Phi) is 4.04. The van der Waals surface area contributed by atoms with Gasteiger partial charge in [-0.3, -0.25) is 0 Å². The van der Waals surface area contributed by atoms with Crippen LogP contribution >= 0.6 is 0 Å². The van der Waals surface area contributed by atoms with Gasteiger partial charge >= 0.3 is 6.09 Å². The molecule has 5 heteroatoms. The molecule has 0 saturated carbocycles. The zero-order valence-electron chi connectivity index (χ0n) is 14.0. The number of amides is 1. The maximum Gasteiger partial charge on any atom is 0.410 e. The molecule has 1 fully saturated rings. The third kappa shape index (κ3) is 3.39. The third-order valence-electron chi connectivity index (χ3n) is 3.97. The normalized spacial score (nSPS) is 22.9. The fourth-order valence-corrected chi connectivity index (χ4v) is 2.84. The number of likely N-dealkylation sites (tertiary alicyclic amines) is 1. The SMILES string of the molecule is CC(C)n1cncc1C1(C)CCN(C(=O)OC(C)(C)C)C1. The van der Waals surface area contributed by atoms with E-state index in [1.54, 1.807) is 0 Å². The van der Waals surface area contributed by atoms with Crippen molar-refractivity contribution in [2.45, 2.75) is 65.0 Å².